The molecule has 0 saturated carbocycles. The Hall–Kier alpha value is -1.81. The van der Waals surface area contributed by atoms with Crippen LogP contribution in [0, 0.1) is 11.3 Å². The molecule has 1 aromatic rings. The number of halogens is 3. The van der Waals surface area contributed by atoms with E-state index in [9.17, 15) is 13.2 Å². The first-order chi connectivity index (χ1) is 9.47. The predicted octanol–water partition coefficient (Wildman–Crippen LogP) is 2.59. The molecule has 4 nitrogen and oxygen atoms in total. The molecule has 0 radical (unpaired) electrons. The van der Waals surface area contributed by atoms with Crippen molar-refractivity contribution in [1.82, 2.24) is 4.98 Å². The van der Waals surface area contributed by atoms with Crippen molar-refractivity contribution in [2.45, 2.75) is 25.6 Å². The third kappa shape index (κ3) is 2.85. The van der Waals surface area contributed by atoms with Crippen molar-refractivity contribution in [3.8, 4) is 6.07 Å². The Morgan fingerprint density at radius 1 is 1.50 bits per heavy atom. The van der Waals surface area contributed by atoms with E-state index >= 15 is 0 Å². The number of anilines is 1. The molecule has 0 unspecified atom stereocenters. The van der Waals surface area contributed by atoms with Gasteiger partial charge in [0.15, 0.2) is 5.69 Å². The van der Waals surface area contributed by atoms with Gasteiger partial charge in [0.2, 0.25) is 0 Å². The molecule has 7 heteroatoms. The third-order valence-electron chi connectivity index (χ3n) is 3.27. The van der Waals surface area contributed by atoms with Crippen molar-refractivity contribution < 1.29 is 17.9 Å². The summed E-state index contributed by atoms with van der Waals surface area (Å²) in [4.78, 5) is 5.73. The number of rotatable bonds is 3. The van der Waals surface area contributed by atoms with Gasteiger partial charge in [-0.1, -0.05) is 0 Å². The number of pyridine rings is 1. The minimum Gasteiger partial charge on any atom is -0.379 e. The van der Waals surface area contributed by atoms with E-state index in [1.165, 1.54) is 12.1 Å². The average Bonchev–Trinajstić information content (AvgIpc) is 2.92. The van der Waals surface area contributed by atoms with Crippen molar-refractivity contribution in [2.75, 3.05) is 24.7 Å². The van der Waals surface area contributed by atoms with E-state index in [0.29, 0.717) is 25.6 Å². The van der Waals surface area contributed by atoms with Gasteiger partial charge in [0.1, 0.15) is 11.9 Å². The van der Waals surface area contributed by atoms with Gasteiger partial charge in [-0.15, -0.1) is 0 Å². The smallest absolute Gasteiger partial charge is 0.379 e. The standard InChI is InChI=1S/C13H14F3N3O/c1-2-19(9-5-6-20-8-9)12-4-3-10(13(14,15)16)11(7-17)18-12/h3-4,9H,2,5-6,8H2,1H3/t9-/m0/s1. The van der Waals surface area contributed by atoms with Crippen molar-refractivity contribution in [3.05, 3.63) is 23.4 Å². The molecule has 0 aromatic carbocycles. The number of aromatic nitrogens is 1. The fourth-order valence-corrected chi connectivity index (χ4v) is 2.30. The van der Waals surface area contributed by atoms with Crippen LogP contribution in [0.1, 0.15) is 24.6 Å². The Morgan fingerprint density at radius 3 is 2.75 bits per heavy atom. The molecule has 0 amide bonds. The van der Waals surface area contributed by atoms with Crippen LogP contribution < -0.4 is 4.90 Å². The van der Waals surface area contributed by atoms with Crippen LogP contribution in [0.5, 0.6) is 0 Å². The molecule has 2 rings (SSSR count). The summed E-state index contributed by atoms with van der Waals surface area (Å²) in [6, 6.07) is 3.84. The molecule has 1 aliphatic rings. The molecule has 1 aliphatic heterocycles. The maximum absolute atomic E-state index is 12.7. The summed E-state index contributed by atoms with van der Waals surface area (Å²) in [5, 5.41) is 8.87. The highest BCUT2D eigenvalue weighted by Gasteiger charge is 2.35. The van der Waals surface area contributed by atoms with E-state index in [-0.39, 0.29) is 6.04 Å². The van der Waals surface area contributed by atoms with Gasteiger partial charge in [-0.2, -0.15) is 18.4 Å². The second kappa shape index (κ2) is 5.67. The first-order valence-corrected chi connectivity index (χ1v) is 6.30. The number of nitrogens with zero attached hydrogens (tertiary/aromatic N) is 3. The lowest BCUT2D eigenvalue weighted by molar-refractivity contribution is -0.138. The molecular formula is C13H14F3N3O. The molecule has 0 spiro atoms. The van der Waals surface area contributed by atoms with Gasteiger partial charge in [0.25, 0.3) is 0 Å². The first kappa shape index (κ1) is 14.6. The van der Waals surface area contributed by atoms with Gasteiger partial charge in [-0.3, -0.25) is 0 Å². The van der Waals surface area contributed by atoms with Crippen LogP contribution in [-0.2, 0) is 10.9 Å². The Bertz CT molecular complexity index is 519. The van der Waals surface area contributed by atoms with E-state index in [0.717, 1.165) is 12.5 Å². The van der Waals surface area contributed by atoms with Crippen molar-refractivity contribution in [3.63, 3.8) is 0 Å². The van der Waals surface area contributed by atoms with Crippen LogP contribution in [0.15, 0.2) is 12.1 Å². The largest absolute Gasteiger partial charge is 0.419 e. The Labute approximate surface area is 114 Å². The molecule has 2 heterocycles. The fraction of sp³-hybridized carbons (Fsp3) is 0.538. The highest BCUT2D eigenvalue weighted by Crippen LogP contribution is 2.32. The molecule has 0 bridgehead atoms. The maximum atomic E-state index is 12.7. The zero-order chi connectivity index (χ0) is 14.8. The maximum Gasteiger partial charge on any atom is 0.419 e. The van der Waals surface area contributed by atoms with E-state index in [4.69, 9.17) is 10.00 Å². The normalized spacial score (nSPS) is 18.9. The summed E-state index contributed by atoms with van der Waals surface area (Å²) in [5.74, 6) is 0.382. The number of ether oxygens (including phenoxy) is 1. The van der Waals surface area contributed by atoms with E-state index < -0.39 is 17.4 Å². The van der Waals surface area contributed by atoms with Crippen molar-refractivity contribution in [2.24, 2.45) is 0 Å². The lowest BCUT2D eigenvalue weighted by Crippen LogP contribution is -2.36. The van der Waals surface area contributed by atoms with Crippen molar-refractivity contribution >= 4 is 5.82 Å². The number of alkyl halides is 3. The van der Waals surface area contributed by atoms with Crippen LogP contribution in [0.4, 0.5) is 19.0 Å². The second-order valence-electron chi connectivity index (χ2n) is 4.48. The van der Waals surface area contributed by atoms with E-state index in [2.05, 4.69) is 4.98 Å². The van der Waals surface area contributed by atoms with Crippen molar-refractivity contribution in [1.29, 1.82) is 5.26 Å². The number of hydrogen-bond donors (Lipinski definition) is 0. The van der Waals surface area contributed by atoms with Crippen LogP contribution in [0.25, 0.3) is 0 Å². The zero-order valence-corrected chi connectivity index (χ0v) is 10.9. The summed E-state index contributed by atoms with van der Waals surface area (Å²) in [7, 11) is 0. The summed E-state index contributed by atoms with van der Waals surface area (Å²) in [6.45, 7) is 3.65. The molecule has 1 fully saturated rings. The number of likely N-dealkylation sites (N-methyl/N-ethyl adjacent to an activating group) is 1. The van der Waals surface area contributed by atoms with Gasteiger partial charge >= 0.3 is 6.18 Å². The second-order valence-corrected chi connectivity index (χ2v) is 4.48. The van der Waals surface area contributed by atoms with Gasteiger partial charge in [-0.25, -0.2) is 4.98 Å². The Kier molecular flexibility index (Phi) is 4.14. The summed E-state index contributed by atoms with van der Waals surface area (Å²) >= 11 is 0. The van der Waals surface area contributed by atoms with Crippen LogP contribution in [0.2, 0.25) is 0 Å². The molecule has 1 atom stereocenters. The van der Waals surface area contributed by atoms with Crippen LogP contribution in [-0.4, -0.2) is 30.8 Å². The summed E-state index contributed by atoms with van der Waals surface area (Å²) in [5.41, 5.74) is -1.59. The van der Waals surface area contributed by atoms with Gasteiger partial charge < -0.3 is 9.64 Å². The highest BCUT2D eigenvalue weighted by atomic mass is 19.4. The first-order valence-electron chi connectivity index (χ1n) is 6.30. The fourth-order valence-electron chi connectivity index (χ4n) is 2.30. The molecule has 20 heavy (non-hydrogen) atoms. The van der Waals surface area contributed by atoms with Gasteiger partial charge in [0.05, 0.1) is 18.2 Å². The topological polar surface area (TPSA) is 49.2 Å². The third-order valence-corrected chi connectivity index (χ3v) is 3.27. The molecule has 0 N–H and O–H groups in total. The summed E-state index contributed by atoms with van der Waals surface area (Å²) < 4.78 is 43.5. The SMILES string of the molecule is CCN(c1ccc(C(F)(F)F)c(C#N)n1)[C@H]1CCOC1. The molecule has 1 aromatic heterocycles. The van der Waals surface area contributed by atoms with Crippen LogP contribution in [0.3, 0.4) is 0 Å². The molecule has 0 aliphatic carbocycles. The molecular weight excluding hydrogens is 271 g/mol. The number of hydrogen-bond acceptors (Lipinski definition) is 4. The average molecular weight is 285 g/mol. The van der Waals surface area contributed by atoms with E-state index in [1.807, 2.05) is 11.8 Å². The molecule has 1 saturated heterocycles. The Balaban J connectivity index is 2.35. The predicted molar refractivity (Wildman–Crippen MR) is 66.2 cm³/mol. The lowest BCUT2D eigenvalue weighted by Gasteiger charge is -2.28. The Morgan fingerprint density at radius 2 is 2.25 bits per heavy atom. The minimum atomic E-state index is -4.57. The van der Waals surface area contributed by atoms with Crippen LogP contribution >= 0.6 is 0 Å². The highest BCUT2D eigenvalue weighted by molar-refractivity contribution is 5.47. The quantitative estimate of drug-likeness (QED) is 0.856. The van der Waals surface area contributed by atoms with E-state index in [1.54, 1.807) is 0 Å². The lowest BCUT2D eigenvalue weighted by atomic mass is 10.1. The summed E-state index contributed by atoms with van der Waals surface area (Å²) in [6.07, 6.45) is -3.76. The zero-order valence-electron chi connectivity index (χ0n) is 10.9. The van der Waals surface area contributed by atoms with Gasteiger partial charge in [-0.05, 0) is 25.5 Å². The minimum absolute atomic E-state index is 0.0933. The molecule has 108 valence electrons. The number of nitriles is 1. The monoisotopic (exact) mass is 285 g/mol. The van der Waals surface area contributed by atoms with Gasteiger partial charge in [0, 0.05) is 13.2 Å².